The molecule has 8 rings (SSSR count). The van der Waals surface area contributed by atoms with Crippen LogP contribution in [0.5, 0.6) is 0 Å². The molecule has 0 aliphatic heterocycles. The van der Waals surface area contributed by atoms with Gasteiger partial charge in [-0.05, 0) is 120 Å². The third kappa shape index (κ3) is 7.28. The summed E-state index contributed by atoms with van der Waals surface area (Å²) in [5.74, 6) is 3.42. The Bertz CT molecular complexity index is 1880. The highest BCUT2D eigenvalue weighted by Gasteiger charge is 2.25. The second-order valence-electron chi connectivity index (χ2n) is 16.5. The van der Waals surface area contributed by atoms with Gasteiger partial charge in [-0.2, -0.15) is 0 Å². The van der Waals surface area contributed by atoms with Gasteiger partial charge in [-0.25, -0.2) is 0 Å². The zero-order valence-electron chi connectivity index (χ0n) is 31.0. The first-order valence-corrected chi connectivity index (χ1v) is 22.6. The summed E-state index contributed by atoms with van der Waals surface area (Å²) in [5, 5.41) is 8.76. The molecule has 0 nitrogen and oxygen atoms in total. The van der Waals surface area contributed by atoms with Crippen LogP contribution in [-0.2, 0) is 0 Å². The monoisotopic (exact) mass is 700 g/mol. The Labute approximate surface area is 310 Å². The van der Waals surface area contributed by atoms with Crippen molar-refractivity contribution >= 4 is 73.8 Å². The van der Waals surface area contributed by atoms with Gasteiger partial charge < -0.3 is 0 Å². The molecule has 2 heteroatoms. The van der Waals surface area contributed by atoms with Crippen molar-refractivity contribution in [3.8, 4) is 0 Å². The summed E-state index contributed by atoms with van der Waals surface area (Å²) in [5.41, 5.74) is 3.16. The molecule has 0 radical (unpaired) electrons. The lowest BCUT2D eigenvalue weighted by Crippen LogP contribution is -2.13. The average molecular weight is 701 g/mol. The van der Waals surface area contributed by atoms with Crippen LogP contribution in [0.2, 0.25) is 0 Å². The third-order valence-electron chi connectivity index (χ3n) is 13.2. The number of hydrogen-bond donors (Lipinski definition) is 0. The smallest absolute Gasteiger partial charge is 0.0548 e. The number of fused-ring (bicyclic) bond motifs is 9. The summed E-state index contributed by atoms with van der Waals surface area (Å²) in [7, 11) is 0. The number of hydrogen-bond acceptors (Lipinski definition) is 2. The minimum atomic E-state index is 0.741. The van der Waals surface area contributed by atoms with Gasteiger partial charge in [0, 0.05) is 20.2 Å². The van der Waals surface area contributed by atoms with E-state index in [-0.39, 0.29) is 0 Å². The topological polar surface area (TPSA) is 0 Å². The second-order valence-corrected chi connectivity index (χ2v) is 18.6. The van der Waals surface area contributed by atoms with E-state index in [1.165, 1.54) is 180 Å². The first-order valence-electron chi connectivity index (χ1n) is 20.9. The zero-order chi connectivity index (χ0) is 33.9. The molecular formula is C48H60S2. The highest BCUT2D eigenvalue weighted by Crippen LogP contribution is 2.49. The van der Waals surface area contributed by atoms with Gasteiger partial charge >= 0.3 is 0 Å². The van der Waals surface area contributed by atoms with E-state index < -0.39 is 0 Å². The molecule has 0 bridgehead atoms. The van der Waals surface area contributed by atoms with E-state index >= 15 is 0 Å². The minimum absolute atomic E-state index is 0.741. The predicted molar refractivity (Wildman–Crippen MR) is 226 cm³/mol. The normalized spacial score (nSPS) is 21.7. The summed E-state index contributed by atoms with van der Waals surface area (Å²) >= 11 is 4.05. The van der Waals surface area contributed by atoms with Crippen LogP contribution in [0, 0.1) is 11.8 Å². The SMILES string of the molecule is CCCCCCCC1CCC(c2ccc3c(ccc4sc5c(sc6ccc7cc(C8CCC(CCCCCCC)CC8)ccc7c65)c43)c2)CC1. The summed E-state index contributed by atoms with van der Waals surface area (Å²) in [6.45, 7) is 4.64. The lowest BCUT2D eigenvalue weighted by Gasteiger charge is -2.29. The highest BCUT2D eigenvalue weighted by molar-refractivity contribution is 7.37. The van der Waals surface area contributed by atoms with Crippen LogP contribution >= 0.6 is 22.7 Å². The summed E-state index contributed by atoms with van der Waals surface area (Å²) in [6.07, 6.45) is 28.3. The molecule has 2 aliphatic rings. The lowest BCUT2D eigenvalue weighted by molar-refractivity contribution is 0.302. The molecule has 0 saturated heterocycles. The van der Waals surface area contributed by atoms with E-state index in [2.05, 4.69) is 74.5 Å². The maximum atomic E-state index is 2.55. The molecule has 4 aromatic carbocycles. The average Bonchev–Trinajstić information content (AvgIpc) is 3.71. The quantitative estimate of drug-likeness (QED) is 0.0992. The Hall–Kier alpha value is -2.42. The van der Waals surface area contributed by atoms with Crippen LogP contribution in [0.1, 0.15) is 165 Å². The van der Waals surface area contributed by atoms with Gasteiger partial charge in [0.2, 0.25) is 0 Å². The van der Waals surface area contributed by atoms with Gasteiger partial charge in [-0.3, -0.25) is 0 Å². The fraction of sp³-hybridized carbons (Fsp3) is 0.542. The van der Waals surface area contributed by atoms with Crippen LogP contribution in [0.3, 0.4) is 0 Å². The molecule has 264 valence electrons. The predicted octanol–water partition coefficient (Wildman–Crippen LogP) is 16.8. The van der Waals surface area contributed by atoms with Crippen LogP contribution in [-0.4, -0.2) is 0 Å². The molecule has 0 unspecified atom stereocenters. The van der Waals surface area contributed by atoms with Crippen molar-refractivity contribution in [3.05, 3.63) is 71.8 Å². The van der Waals surface area contributed by atoms with Gasteiger partial charge in [0.25, 0.3) is 0 Å². The molecule has 2 fully saturated rings. The second kappa shape index (κ2) is 16.1. The fourth-order valence-corrected chi connectivity index (χ4v) is 12.8. The van der Waals surface area contributed by atoms with Crippen molar-refractivity contribution in [1.82, 2.24) is 0 Å². The Balaban J connectivity index is 0.990. The van der Waals surface area contributed by atoms with Crippen LogP contribution in [0.15, 0.2) is 60.7 Å². The molecule has 0 spiro atoms. The molecule has 2 heterocycles. The first kappa shape index (κ1) is 34.7. The first-order chi connectivity index (χ1) is 24.7. The molecule has 50 heavy (non-hydrogen) atoms. The molecule has 6 aromatic rings. The molecule has 0 atom stereocenters. The Morgan fingerprint density at radius 1 is 0.460 bits per heavy atom. The summed E-state index contributed by atoms with van der Waals surface area (Å²) < 4.78 is 5.90. The van der Waals surface area contributed by atoms with E-state index in [9.17, 15) is 0 Å². The minimum Gasteiger partial charge on any atom is -0.134 e. The van der Waals surface area contributed by atoms with Gasteiger partial charge in [0.05, 0.1) is 9.40 Å². The zero-order valence-corrected chi connectivity index (χ0v) is 32.7. The summed E-state index contributed by atoms with van der Waals surface area (Å²) in [6, 6.07) is 24.7. The largest absolute Gasteiger partial charge is 0.134 e. The van der Waals surface area contributed by atoms with Gasteiger partial charge in [0.1, 0.15) is 0 Å². The molecule has 2 aliphatic carbocycles. The van der Waals surface area contributed by atoms with Gasteiger partial charge in [0.15, 0.2) is 0 Å². The fourth-order valence-electron chi connectivity index (χ4n) is 10.1. The van der Waals surface area contributed by atoms with E-state index in [0.29, 0.717) is 0 Å². The van der Waals surface area contributed by atoms with Crippen LogP contribution in [0.4, 0.5) is 0 Å². The number of unbranched alkanes of at least 4 members (excludes halogenated alkanes) is 8. The van der Waals surface area contributed by atoms with Crippen LogP contribution in [0.25, 0.3) is 51.1 Å². The van der Waals surface area contributed by atoms with E-state index in [1.54, 1.807) is 11.1 Å². The maximum absolute atomic E-state index is 2.55. The molecule has 0 N–H and O–H groups in total. The summed E-state index contributed by atoms with van der Waals surface area (Å²) in [4.78, 5) is 0. The molecule has 2 saturated carbocycles. The number of rotatable bonds is 14. The van der Waals surface area contributed by atoms with Crippen molar-refractivity contribution < 1.29 is 0 Å². The van der Waals surface area contributed by atoms with Crippen molar-refractivity contribution in [2.45, 2.75) is 154 Å². The Morgan fingerprint density at radius 3 is 1.30 bits per heavy atom. The lowest BCUT2D eigenvalue weighted by atomic mass is 9.76. The van der Waals surface area contributed by atoms with Crippen molar-refractivity contribution in [2.24, 2.45) is 11.8 Å². The highest BCUT2D eigenvalue weighted by atomic mass is 32.1. The molecule has 2 aromatic heterocycles. The van der Waals surface area contributed by atoms with Crippen molar-refractivity contribution in [3.63, 3.8) is 0 Å². The third-order valence-corrected chi connectivity index (χ3v) is 15.6. The van der Waals surface area contributed by atoms with E-state index in [1.807, 2.05) is 22.7 Å². The van der Waals surface area contributed by atoms with Gasteiger partial charge in [-0.1, -0.05) is 139 Å². The standard InChI is InChI=1S/C48H60S2/c1-3-5-7-9-11-13-33-15-19-35(20-16-33)37-23-27-41-39(31-37)25-29-43-45(41)47-48(49-43)46-42-28-24-38(32-40(42)26-30-44(46)50-47)36-21-17-34(18-22-36)14-12-10-8-6-4-2/h23-36H,3-22H2,1-2H3. The van der Waals surface area contributed by atoms with E-state index in [0.717, 1.165) is 23.7 Å². The van der Waals surface area contributed by atoms with Crippen molar-refractivity contribution in [1.29, 1.82) is 0 Å². The van der Waals surface area contributed by atoms with Crippen molar-refractivity contribution in [2.75, 3.05) is 0 Å². The number of thiophene rings is 2. The maximum Gasteiger partial charge on any atom is 0.0548 e. The molecule has 0 amide bonds. The number of benzene rings is 4. The molecular weight excluding hydrogens is 641 g/mol. The van der Waals surface area contributed by atoms with Crippen LogP contribution < -0.4 is 0 Å². The van der Waals surface area contributed by atoms with Gasteiger partial charge in [-0.15, -0.1) is 22.7 Å². The van der Waals surface area contributed by atoms with E-state index in [4.69, 9.17) is 0 Å². The Morgan fingerprint density at radius 2 is 0.880 bits per heavy atom. The Kier molecular flexibility index (Phi) is 11.1.